The number of benzene rings is 1. The molecule has 1 rings (SSSR count). The zero-order valence-electron chi connectivity index (χ0n) is 12.9. The summed E-state index contributed by atoms with van der Waals surface area (Å²) in [5, 5.41) is 0. The summed E-state index contributed by atoms with van der Waals surface area (Å²) in [6.07, 6.45) is 1.05. The van der Waals surface area contributed by atoms with Crippen LogP contribution < -0.4 is 10.5 Å². The zero-order chi connectivity index (χ0) is 15.8. The van der Waals surface area contributed by atoms with Crippen LogP contribution in [0.5, 0.6) is 5.75 Å². The highest BCUT2D eigenvalue weighted by Gasteiger charge is 2.22. The van der Waals surface area contributed by atoms with E-state index >= 15 is 0 Å². The van der Waals surface area contributed by atoms with Crippen LogP contribution in [0.2, 0.25) is 0 Å². The molecule has 2 atom stereocenters. The third-order valence-electron chi connectivity index (χ3n) is 2.92. The largest absolute Gasteiger partial charge is 0.476 e. The standard InChI is InChI=1S/C16H24FNO3/c1-4-6-15(16(19)20-5-2)21-14-8-7-12(9-11(3)18)10-13(14)17/h7-8,10-11,15H,4-6,9,18H2,1-3H3. The number of carbonyl (C=O) groups is 1. The van der Waals surface area contributed by atoms with Crippen molar-refractivity contribution in [1.82, 2.24) is 0 Å². The van der Waals surface area contributed by atoms with Crippen LogP contribution >= 0.6 is 0 Å². The van der Waals surface area contributed by atoms with Crippen molar-refractivity contribution in [2.75, 3.05) is 6.61 Å². The second kappa shape index (κ2) is 8.62. The van der Waals surface area contributed by atoms with E-state index in [0.717, 1.165) is 12.0 Å². The Bertz CT molecular complexity index is 463. The first-order chi connectivity index (χ1) is 9.97. The Kier molecular flexibility index (Phi) is 7.15. The normalized spacial score (nSPS) is 13.6. The van der Waals surface area contributed by atoms with E-state index in [9.17, 15) is 9.18 Å². The summed E-state index contributed by atoms with van der Waals surface area (Å²) in [5.41, 5.74) is 6.49. The predicted octanol–water partition coefficient (Wildman–Crippen LogP) is 2.83. The van der Waals surface area contributed by atoms with E-state index in [0.29, 0.717) is 12.8 Å². The molecule has 0 aliphatic rings. The van der Waals surface area contributed by atoms with E-state index in [-0.39, 0.29) is 18.4 Å². The second-order valence-corrected chi connectivity index (χ2v) is 5.09. The van der Waals surface area contributed by atoms with Gasteiger partial charge in [0.05, 0.1) is 6.61 Å². The number of rotatable bonds is 8. The minimum absolute atomic E-state index is 0.0384. The van der Waals surface area contributed by atoms with Crippen molar-refractivity contribution in [2.45, 2.75) is 52.2 Å². The van der Waals surface area contributed by atoms with Gasteiger partial charge in [-0.15, -0.1) is 0 Å². The van der Waals surface area contributed by atoms with Gasteiger partial charge >= 0.3 is 5.97 Å². The molecule has 0 amide bonds. The molecule has 0 aliphatic heterocycles. The number of nitrogens with two attached hydrogens (primary N) is 1. The fourth-order valence-corrected chi connectivity index (χ4v) is 2.01. The molecule has 5 heteroatoms. The molecular formula is C16H24FNO3. The highest BCUT2D eigenvalue weighted by molar-refractivity contribution is 5.75. The van der Waals surface area contributed by atoms with Gasteiger partial charge in [-0.25, -0.2) is 9.18 Å². The average molecular weight is 297 g/mol. The third-order valence-corrected chi connectivity index (χ3v) is 2.92. The number of halogens is 1. The number of ether oxygens (including phenoxy) is 2. The van der Waals surface area contributed by atoms with Crippen LogP contribution in [0.1, 0.15) is 39.2 Å². The molecular weight excluding hydrogens is 273 g/mol. The smallest absolute Gasteiger partial charge is 0.347 e. The maximum Gasteiger partial charge on any atom is 0.347 e. The molecule has 1 aromatic carbocycles. The van der Waals surface area contributed by atoms with Gasteiger partial charge in [0.1, 0.15) is 0 Å². The molecule has 0 spiro atoms. The lowest BCUT2D eigenvalue weighted by Crippen LogP contribution is -2.29. The van der Waals surface area contributed by atoms with Gasteiger partial charge in [0.25, 0.3) is 0 Å². The van der Waals surface area contributed by atoms with Crippen LogP contribution in [0.25, 0.3) is 0 Å². The predicted molar refractivity (Wildman–Crippen MR) is 79.7 cm³/mol. The lowest BCUT2D eigenvalue weighted by Gasteiger charge is -2.18. The van der Waals surface area contributed by atoms with Crippen molar-refractivity contribution in [3.8, 4) is 5.75 Å². The van der Waals surface area contributed by atoms with E-state index in [4.69, 9.17) is 15.2 Å². The minimum atomic E-state index is -0.774. The summed E-state index contributed by atoms with van der Waals surface area (Å²) < 4.78 is 24.5. The van der Waals surface area contributed by atoms with Gasteiger partial charge in [-0.05, 0) is 44.4 Å². The summed E-state index contributed by atoms with van der Waals surface area (Å²) in [6.45, 7) is 5.79. The van der Waals surface area contributed by atoms with Crippen LogP contribution in [0.3, 0.4) is 0 Å². The second-order valence-electron chi connectivity index (χ2n) is 5.09. The van der Waals surface area contributed by atoms with E-state index in [1.807, 2.05) is 13.8 Å². The minimum Gasteiger partial charge on any atom is -0.476 e. The average Bonchev–Trinajstić information content (AvgIpc) is 2.40. The summed E-state index contributed by atoms with van der Waals surface area (Å²) in [7, 11) is 0. The molecule has 0 aromatic heterocycles. The number of carbonyl (C=O) groups excluding carboxylic acids is 1. The Morgan fingerprint density at radius 1 is 1.38 bits per heavy atom. The van der Waals surface area contributed by atoms with Crippen LogP contribution in [0.15, 0.2) is 18.2 Å². The Morgan fingerprint density at radius 2 is 2.10 bits per heavy atom. The summed E-state index contributed by atoms with van der Waals surface area (Å²) in [6, 6.07) is 4.65. The Balaban J connectivity index is 2.81. The maximum absolute atomic E-state index is 14.0. The fourth-order valence-electron chi connectivity index (χ4n) is 2.01. The number of hydrogen-bond donors (Lipinski definition) is 1. The first-order valence-electron chi connectivity index (χ1n) is 7.35. The van der Waals surface area contributed by atoms with Crippen LogP contribution in [0, 0.1) is 5.82 Å². The highest BCUT2D eigenvalue weighted by atomic mass is 19.1. The molecule has 1 aromatic rings. The van der Waals surface area contributed by atoms with E-state index < -0.39 is 17.9 Å². The third kappa shape index (κ3) is 5.71. The Morgan fingerprint density at radius 3 is 2.62 bits per heavy atom. The van der Waals surface area contributed by atoms with Gasteiger partial charge in [-0.2, -0.15) is 0 Å². The van der Waals surface area contributed by atoms with E-state index in [2.05, 4.69) is 0 Å². The number of esters is 1. The molecule has 4 nitrogen and oxygen atoms in total. The molecule has 0 saturated heterocycles. The molecule has 0 aliphatic carbocycles. The molecule has 118 valence electrons. The lowest BCUT2D eigenvalue weighted by molar-refractivity contribution is -0.151. The van der Waals surface area contributed by atoms with Crippen molar-refractivity contribution < 1.29 is 18.7 Å². The highest BCUT2D eigenvalue weighted by Crippen LogP contribution is 2.22. The molecule has 0 heterocycles. The van der Waals surface area contributed by atoms with Crippen molar-refractivity contribution >= 4 is 5.97 Å². The van der Waals surface area contributed by atoms with Gasteiger partial charge in [0, 0.05) is 6.04 Å². The Hall–Kier alpha value is -1.62. The lowest BCUT2D eigenvalue weighted by atomic mass is 10.1. The first-order valence-corrected chi connectivity index (χ1v) is 7.35. The number of hydrogen-bond acceptors (Lipinski definition) is 4. The molecule has 0 bridgehead atoms. The van der Waals surface area contributed by atoms with Crippen molar-refractivity contribution in [2.24, 2.45) is 5.73 Å². The molecule has 0 saturated carbocycles. The molecule has 21 heavy (non-hydrogen) atoms. The van der Waals surface area contributed by atoms with Gasteiger partial charge in [-0.1, -0.05) is 19.4 Å². The maximum atomic E-state index is 14.0. The summed E-state index contributed by atoms with van der Waals surface area (Å²) >= 11 is 0. The molecule has 2 unspecified atom stereocenters. The fraction of sp³-hybridized carbons (Fsp3) is 0.562. The van der Waals surface area contributed by atoms with Gasteiger partial charge in [0.15, 0.2) is 17.7 Å². The van der Waals surface area contributed by atoms with Crippen molar-refractivity contribution in [1.29, 1.82) is 0 Å². The van der Waals surface area contributed by atoms with Gasteiger partial charge in [0.2, 0.25) is 0 Å². The van der Waals surface area contributed by atoms with Crippen LogP contribution in [-0.2, 0) is 16.0 Å². The van der Waals surface area contributed by atoms with E-state index in [1.165, 1.54) is 12.1 Å². The van der Waals surface area contributed by atoms with Gasteiger partial charge < -0.3 is 15.2 Å². The topological polar surface area (TPSA) is 61.5 Å². The van der Waals surface area contributed by atoms with Crippen LogP contribution in [0.4, 0.5) is 4.39 Å². The summed E-state index contributed by atoms with van der Waals surface area (Å²) in [4.78, 5) is 11.8. The zero-order valence-corrected chi connectivity index (χ0v) is 12.9. The van der Waals surface area contributed by atoms with Gasteiger partial charge in [-0.3, -0.25) is 0 Å². The van der Waals surface area contributed by atoms with Crippen molar-refractivity contribution in [3.05, 3.63) is 29.6 Å². The first kappa shape index (κ1) is 17.4. The van der Waals surface area contributed by atoms with Crippen molar-refractivity contribution in [3.63, 3.8) is 0 Å². The Labute approximate surface area is 125 Å². The monoisotopic (exact) mass is 297 g/mol. The van der Waals surface area contributed by atoms with E-state index in [1.54, 1.807) is 13.0 Å². The SMILES string of the molecule is CCCC(Oc1ccc(CC(C)N)cc1F)C(=O)OCC. The molecule has 0 radical (unpaired) electrons. The molecule has 0 fully saturated rings. The van der Waals surface area contributed by atoms with Crippen LogP contribution in [-0.4, -0.2) is 24.7 Å². The molecule has 2 N–H and O–H groups in total. The summed E-state index contributed by atoms with van der Waals surface area (Å²) in [5.74, 6) is -0.883. The quantitative estimate of drug-likeness (QED) is 0.750.